The van der Waals surface area contributed by atoms with Crippen molar-refractivity contribution in [2.45, 2.75) is 78.1 Å². The molecule has 0 bridgehead atoms. The Balaban J connectivity index is -0.000000490. The van der Waals surface area contributed by atoms with Crippen LogP contribution in [0.3, 0.4) is 0 Å². The first kappa shape index (κ1) is 33.9. The summed E-state index contributed by atoms with van der Waals surface area (Å²) in [5.74, 6) is -4.05. The summed E-state index contributed by atoms with van der Waals surface area (Å²) in [5.41, 5.74) is 0. The Morgan fingerprint density at radius 2 is 0.903 bits per heavy atom. The van der Waals surface area contributed by atoms with Gasteiger partial charge in [0.15, 0.2) is 0 Å². The Labute approximate surface area is 205 Å². The Morgan fingerprint density at radius 3 is 1.19 bits per heavy atom. The van der Waals surface area contributed by atoms with Crippen molar-refractivity contribution in [2.24, 2.45) is 0 Å². The van der Waals surface area contributed by atoms with Gasteiger partial charge < -0.3 is 29.3 Å². The second-order valence-electron chi connectivity index (χ2n) is 6.47. The van der Waals surface area contributed by atoms with Gasteiger partial charge in [0, 0.05) is 12.2 Å². The topological polar surface area (TPSA) is 133 Å². The molecule has 0 radical (unpaired) electrons. The molecule has 9 heteroatoms. The molecule has 172 valence electrons. The fourth-order valence-electron chi connectivity index (χ4n) is 2.13. The van der Waals surface area contributed by atoms with Gasteiger partial charge in [0.2, 0.25) is 0 Å². The molecule has 0 aromatic carbocycles. The molecular weight excluding hydrogens is 505 g/mol. The van der Waals surface area contributed by atoms with Crippen molar-refractivity contribution in [1.29, 1.82) is 0 Å². The molecule has 0 aliphatic heterocycles. The maximum atomic E-state index is 10.8. The van der Waals surface area contributed by atoms with Gasteiger partial charge in [-0.3, -0.25) is 0 Å². The van der Waals surface area contributed by atoms with Crippen molar-refractivity contribution in [2.75, 3.05) is 13.2 Å². The van der Waals surface area contributed by atoms with Crippen LogP contribution in [0.4, 0.5) is 0 Å². The zero-order valence-electron chi connectivity index (χ0n) is 18.8. The number of carbonyl (C=O) groups is 4. The van der Waals surface area contributed by atoms with Gasteiger partial charge in [0.05, 0.1) is 25.2 Å². The van der Waals surface area contributed by atoms with E-state index in [9.17, 15) is 29.4 Å². The van der Waals surface area contributed by atoms with Crippen LogP contribution in [-0.2, 0) is 56.0 Å². The predicted octanol–water partition coefficient (Wildman–Crippen LogP) is 1.61. The standard InChI is InChI=1S/2C11H18O4.Cd/c2*1-2-3-4-5-6-9-15-11(14)8-7-10(12)13;/h2*7-8H,2-6,9H2,1H3,(H,12,13);/q;;+2/p-2. The summed E-state index contributed by atoms with van der Waals surface area (Å²) < 4.78 is 9.51. The number of unbranched alkanes of at least 4 members (excludes halogenated alkanes) is 8. The Hall–Kier alpha value is -1.72. The number of carboxylic acid groups (broad SMARTS) is 2. The summed E-state index contributed by atoms with van der Waals surface area (Å²) in [5, 5.41) is 19.9. The molecule has 0 saturated carbocycles. The van der Waals surface area contributed by atoms with Crippen LogP contribution in [-0.4, -0.2) is 37.1 Å². The van der Waals surface area contributed by atoms with E-state index in [2.05, 4.69) is 13.8 Å². The molecule has 0 aromatic rings. The summed E-state index contributed by atoms with van der Waals surface area (Å²) in [6.45, 7) is 4.95. The second kappa shape index (κ2) is 26.3. The minimum atomic E-state index is -1.39. The molecule has 0 aromatic heterocycles. The van der Waals surface area contributed by atoms with Crippen LogP contribution in [0.25, 0.3) is 0 Å². The van der Waals surface area contributed by atoms with E-state index in [4.69, 9.17) is 9.47 Å². The van der Waals surface area contributed by atoms with Gasteiger partial charge >= 0.3 is 39.2 Å². The number of carbonyl (C=O) groups excluding carboxylic acids is 4. The SMILES string of the molecule is CCCCCCCOC(=O)C=CC(=O)[O-].CCCCCCCOC(=O)C=CC(=O)[O-].[Cd+2]. The molecule has 0 atom stereocenters. The minimum absolute atomic E-state index is 0. The van der Waals surface area contributed by atoms with E-state index in [0.717, 1.165) is 50.7 Å². The van der Waals surface area contributed by atoms with Crippen molar-refractivity contribution in [3.05, 3.63) is 24.3 Å². The molecule has 0 saturated heterocycles. The first-order chi connectivity index (χ1) is 14.3. The van der Waals surface area contributed by atoms with Gasteiger partial charge in [-0.15, -0.1) is 0 Å². The molecule has 0 unspecified atom stereocenters. The number of ether oxygens (including phenoxy) is 2. The van der Waals surface area contributed by atoms with E-state index in [1.165, 1.54) is 25.7 Å². The van der Waals surface area contributed by atoms with Crippen LogP contribution in [0.2, 0.25) is 0 Å². The monoisotopic (exact) mass is 540 g/mol. The average Bonchev–Trinajstić information content (AvgIpc) is 2.70. The van der Waals surface area contributed by atoms with Crippen LogP contribution in [0.1, 0.15) is 78.1 Å². The summed E-state index contributed by atoms with van der Waals surface area (Å²) in [7, 11) is 0. The van der Waals surface area contributed by atoms with E-state index < -0.39 is 23.9 Å². The van der Waals surface area contributed by atoms with Crippen molar-refractivity contribution < 1.29 is 66.2 Å². The number of carboxylic acids is 2. The van der Waals surface area contributed by atoms with E-state index in [1.807, 2.05) is 0 Å². The van der Waals surface area contributed by atoms with Gasteiger partial charge in [0.1, 0.15) is 0 Å². The van der Waals surface area contributed by atoms with Crippen LogP contribution in [0, 0.1) is 0 Å². The average molecular weight is 539 g/mol. The quantitative estimate of drug-likeness (QED) is 0.125. The van der Waals surface area contributed by atoms with Gasteiger partial charge in [-0.05, 0) is 25.0 Å². The third-order valence-corrected chi connectivity index (χ3v) is 3.70. The summed E-state index contributed by atoms with van der Waals surface area (Å²) >= 11 is 0. The third kappa shape index (κ3) is 33.1. The second-order valence-corrected chi connectivity index (χ2v) is 6.47. The molecule has 8 nitrogen and oxygen atoms in total. The summed E-state index contributed by atoms with van der Waals surface area (Å²) in [6, 6.07) is 0. The number of rotatable bonds is 16. The molecule has 0 spiro atoms. The summed E-state index contributed by atoms with van der Waals surface area (Å²) in [6.07, 6.45) is 13.8. The van der Waals surface area contributed by atoms with E-state index >= 15 is 0 Å². The number of esters is 2. The zero-order valence-corrected chi connectivity index (χ0v) is 22.8. The van der Waals surface area contributed by atoms with Crippen LogP contribution in [0.5, 0.6) is 0 Å². The van der Waals surface area contributed by atoms with Crippen molar-refractivity contribution in [3.8, 4) is 0 Å². The van der Waals surface area contributed by atoms with Crippen LogP contribution in [0.15, 0.2) is 24.3 Å². The van der Waals surface area contributed by atoms with Crippen molar-refractivity contribution in [1.82, 2.24) is 0 Å². The maximum Gasteiger partial charge on any atom is 2.00 e. The van der Waals surface area contributed by atoms with E-state index in [0.29, 0.717) is 25.4 Å². The Kier molecular flexibility index (Phi) is 28.8. The predicted molar refractivity (Wildman–Crippen MR) is 108 cm³/mol. The molecule has 0 heterocycles. The van der Waals surface area contributed by atoms with Crippen molar-refractivity contribution >= 4 is 23.9 Å². The number of hydrogen-bond acceptors (Lipinski definition) is 8. The Morgan fingerprint density at radius 1 is 0.581 bits per heavy atom. The first-order valence-corrected chi connectivity index (χ1v) is 10.4. The fraction of sp³-hybridized carbons (Fsp3) is 0.636. The largest absolute Gasteiger partial charge is 2.00 e. The molecule has 0 N–H and O–H groups in total. The third-order valence-electron chi connectivity index (χ3n) is 3.70. The van der Waals surface area contributed by atoms with Gasteiger partial charge in [-0.2, -0.15) is 0 Å². The van der Waals surface area contributed by atoms with Gasteiger partial charge in [0.25, 0.3) is 0 Å². The van der Waals surface area contributed by atoms with E-state index in [1.54, 1.807) is 0 Å². The molecule has 0 fully saturated rings. The minimum Gasteiger partial charge on any atom is -0.545 e. The zero-order chi connectivity index (χ0) is 23.0. The van der Waals surface area contributed by atoms with Crippen LogP contribution < -0.4 is 10.2 Å². The summed E-state index contributed by atoms with van der Waals surface area (Å²) in [4.78, 5) is 41.6. The molecule has 0 amide bonds. The van der Waals surface area contributed by atoms with Gasteiger partial charge in [-0.25, -0.2) is 9.59 Å². The molecule has 31 heavy (non-hydrogen) atoms. The smallest absolute Gasteiger partial charge is 0.545 e. The van der Waals surface area contributed by atoms with Crippen LogP contribution >= 0.6 is 0 Å². The molecular formula is C22H34CdO8. The maximum absolute atomic E-state index is 10.8. The fourth-order valence-corrected chi connectivity index (χ4v) is 2.13. The normalized spacial score (nSPS) is 10.1. The molecule has 0 rings (SSSR count). The first-order valence-electron chi connectivity index (χ1n) is 10.4. The Bertz CT molecular complexity index is 496. The number of hydrogen-bond donors (Lipinski definition) is 0. The number of aliphatic carboxylic acids is 2. The van der Waals surface area contributed by atoms with Crippen molar-refractivity contribution in [3.63, 3.8) is 0 Å². The molecule has 0 aliphatic carbocycles. The van der Waals surface area contributed by atoms with E-state index in [-0.39, 0.29) is 27.3 Å². The van der Waals surface area contributed by atoms with Gasteiger partial charge in [-0.1, -0.05) is 65.2 Å². The molecule has 0 aliphatic rings.